The number of nitrogens with one attached hydrogen (secondary N) is 1. The van der Waals surface area contributed by atoms with Crippen LogP contribution in [0.25, 0.3) is 0 Å². The first kappa shape index (κ1) is 17.6. The maximum Gasteiger partial charge on any atom is 0.240 e. The molecule has 2 aromatic rings. The lowest BCUT2D eigenvalue weighted by molar-refractivity contribution is -0.116. The number of carbonyl (C=O) groups excluding carboxylic acids is 1. The average Bonchev–Trinajstić information content (AvgIpc) is 3.03. The lowest BCUT2D eigenvalue weighted by Gasteiger charge is -2.15. The molecule has 3 rings (SSSR count). The lowest BCUT2D eigenvalue weighted by atomic mass is 10.1. The van der Waals surface area contributed by atoms with Crippen LogP contribution in [0.3, 0.4) is 0 Å². The van der Waals surface area contributed by atoms with Crippen molar-refractivity contribution >= 4 is 21.6 Å². The highest BCUT2D eigenvalue weighted by atomic mass is 32.2. The summed E-state index contributed by atoms with van der Waals surface area (Å²) in [5.74, 6) is 0.0303. The highest BCUT2D eigenvalue weighted by molar-refractivity contribution is 7.89. The molecule has 0 unspecified atom stereocenters. The Hall–Kier alpha value is -2.18. The smallest absolute Gasteiger partial charge is 0.240 e. The van der Waals surface area contributed by atoms with Gasteiger partial charge in [0, 0.05) is 25.7 Å². The summed E-state index contributed by atoms with van der Waals surface area (Å²) in [6.45, 7) is 4.50. The van der Waals surface area contributed by atoms with Gasteiger partial charge in [0.25, 0.3) is 0 Å². The number of aryl methyl sites for hydroxylation is 1. The molecule has 132 valence electrons. The number of nitrogens with zero attached hydrogens (tertiary/aromatic N) is 1. The topological polar surface area (TPSA) is 66.5 Å². The zero-order chi connectivity index (χ0) is 18.0. The minimum atomic E-state index is -3.54. The van der Waals surface area contributed by atoms with Gasteiger partial charge in [0.1, 0.15) is 0 Å². The molecule has 0 spiro atoms. The Morgan fingerprint density at radius 1 is 1.12 bits per heavy atom. The number of fused-ring (bicyclic) bond motifs is 1. The molecule has 1 aliphatic heterocycles. The Balaban J connectivity index is 1.72. The SMILES string of the molecule is CCc1ccc(S(=O)(=O)NCc2ccc3c(c2)CCN3C(C)=O)cc1. The molecule has 25 heavy (non-hydrogen) atoms. The molecule has 2 aromatic carbocycles. The average molecular weight is 358 g/mol. The van der Waals surface area contributed by atoms with Gasteiger partial charge >= 0.3 is 0 Å². The maximum absolute atomic E-state index is 12.4. The Morgan fingerprint density at radius 3 is 2.44 bits per heavy atom. The third-order valence-corrected chi connectivity index (χ3v) is 5.94. The summed E-state index contributed by atoms with van der Waals surface area (Å²) >= 11 is 0. The summed E-state index contributed by atoms with van der Waals surface area (Å²) in [7, 11) is -3.54. The van der Waals surface area contributed by atoms with E-state index in [9.17, 15) is 13.2 Å². The zero-order valence-electron chi connectivity index (χ0n) is 14.5. The van der Waals surface area contributed by atoms with Crippen molar-refractivity contribution in [2.24, 2.45) is 0 Å². The van der Waals surface area contributed by atoms with Crippen LogP contribution < -0.4 is 9.62 Å². The van der Waals surface area contributed by atoms with Crippen molar-refractivity contribution in [3.05, 3.63) is 59.2 Å². The molecule has 0 radical (unpaired) electrons. The highest BCUT2D eigenvalue weighted by Gasteiger charge is 2.22. The zero-order valence-corrected chi connectivity index (χ0v) is 15.3. The summed E-state index contributed by atoms with van der Waals surface area (Å²) in [4.78, 5) is 13.6. The van der Waals surface area contributed by atoms with Gasteiger partial charge in [-0.25, -0.2) is 13.1 Å². The van der Waals surface area contributed by atoms with Crippen molar-refractivity contribution in [3.63, 3.8) is 0 Å². The second kappa shape index (κ2) is 6.98. The number of anilines is 1. The normalized spacial score (nSPS) is 13.8. The molecule has 0 saturated carbocycles. The molecule has 1 amide bonds. The molecule has 0 atom stereocenters. The van der Waals surface area contributed by atoms with E-state index in [0.29, 0.717) is 6.54 Å². The first-order valence-electron chi connectivity index (χ1n) is 8.39. The Kier molecular flexibility index (Phi) is 4.92. The second-order valence-electron chi connectivity index (χ2n) is 6.21. The lowest BCUT2D eigenvalue weighted by Crippen LogP contribution is -2.25. The molecule has 6 heteroatoms. The molecule has 0 saturated heterocycles. The second-order valence-corrected chi connectivity index (χ2v) is 7.97. The quantitative estimate of drug-likeness (QED) is 0.893. The fourth-order valence-electron chi connectivity index (χ4n) is 3.06. The summed E-state index contributed by atoms with van der Waals surface area (Å²) in [6, 6.07) is 12.7. The predicted molar refractivity (Wildman–Crippen MR) is 98.0 cm³/mol. The van der Waals surface area contributed by atoms with Crippen molar-refractivity contribution in [1.29, 1.82) is 0 Å². The number of carbonyl (C=O) groups is 1. The van der Waals surface area contributed by atoms with E-state index < -0.39 is 10.0 Å². The van der Waals surface area contributed by atoms with E-state index >= 15 is 0 Å². The number of sulfonamides is 1. The number of hydrogen-bond acceptors (Lipinski definition) is 3. The maximum atomic E-state index is 12.4. The number of hydrogen-bond donors (Lipinski definition) is 1. The third kappa shape index (κ3) is 3.75. The number of benzene rings is 2. The number of amides is 1. The molecular weight excluding hydrogens is 336 g/mol. The molecule has 0 fully saturated rings. The van der Waals surface area contributed by atoms with E-state index in [-0.39, 0.29) is 17.3 Å². The Bertz CT molecular complexity index is 889. The van der Waals surface area contributed by atoms with Gasteiger partial charge in [0.05, 0.1) is 4.90 Å². The molecule has 1 heterocycles. The van der Waals surface area contributed by atoms with Crippen molar-refractivity contribution in [3.8, 4) is 0 Å². The number of rotatable bonds is 5. The van der Waals surface area contributed by atoms with E-state index in [4.69, 9.17) is 0 Å². The van der Waals surface area contributed by atoms with Gasteiger partial charge in [-0.05, 0) is 47.7 Å². The Labute approximate surface area is 148 Å². The van der Waals surface area contributed by atoms with E-state index in [2.05, 4.69) is 4.72 Å². The van der Waals surface area contributed by atoms with Crippen LogP contribution in [0.1, 0.15) is 30.5 Å². The van der Waals surface area contributed by atoms with Crippen molar-refractivity contribution in [1.82, 2.24) is 4.72 Å². The monoisotopic (exact) mass is 358 g/mol. The van der Waals surface area contributed by atoms with Crippen LogP contribution in [0.4, 0.5) is 5.69 Å². The Morgan fingerprint density at radius 2 is 1.80 bits per heavy atom. The van der Waals surface area contributed by atoms with Gasteiger partial charge in [-0.3, -0.25) is 4.79 Å². The molecular formula is C19H22N2O3S. The molecule has 1 aliphatic rings. The van der Waals surface area contributed by atoms with Crippen LogP contribution in [0.2, 0.25) is 0 Å². The van der Waals surface area contributed by atoms with Crippen LogP contribution >= 0.6 is 0 Å². The summed E-state index contributed by atoms with van der Waals surface area (Å²) < 4.78 is 27.5. The van der Waals surface area contributed by atoms with Crippen LogP contribution in [0.5, 0.6) is 0 Å². The van der Waals surface area contributed by atoms with E-state index in [0.717, 1.165) is 35.2 Å². The minimum Gasteiger partial charge on any atom is -0.312 e. The first-order chi connectivity index (χ1) is 11.9. The molecule has 0 bridgehead atoms. The van der Waals surface area contributed by atoms with E-state index in [1.807, 2.05) is 37.3 Å². The van der Waals surface area contributed by atoms with Gasteiger partial charge in [0.2, 0.25) is 15.9 Å². The molecule has 1 N–H and O–H groups in total. The van der Waals surface area contributed by atoms with Gasteiger partial charge < -0.3 is 4.90 Å². The van der Waals surface area contributed by atoms with Crippen LogP contribution in [-0.2, 0) is 34.2 Å². The standard InChI is InChI=1S/C19H22N2O3S/c1-3-15-4-7-18(8-5-15)25(23,24)20-13-16-6-9-19-17(12-16)10-11-21(19)14(2)22/h4-9,12,20H,3,10-11,13H2,1-2H3. The van der Waals surface area contributed by atoms with Crippen LogP contribution in [0.15, 0.2) is 47.4 Å². The largest absolute Gasteiger partial charge is 0.312 e. The molecule has 5 nitrogen and oxygen atoms in total. The highest BCUT2D eigenvalue weighted by Crippen LogP contribution is 2.29. The van der Waals surface area contributed by atoms with Gasteiger partial charge in [-0.1, -0.05) is 31.2 Å². The fraction of sp³-hybridized carbons (Fsp3) is 0.316. The summed E-state index contributed by atoms with van der Waals surface area (Å²) in [6.07, 6.45) is 1.67. The summed E-state index contributed by atoms with van der Waals surface area (Å²) in [5.41, 5.74) is 4.00. The van der Waals surface area contributed by atoms with Crippen molar-refractivity contribution in [2.45, 2.75) is 38.1 Å². The van der Waals surface area contributed by atoms with Gasteiger partial charge in [-0.15, -0.1) is 0 Å². The van der Waals surface area contributed by atoms with Crippen molar-refractivity contribution in [2.75, 3.05) is 11.4 Å². The summed E-state index contributed by atoms with van der Waals surface area (Å²) in [5, 5.41) is 0. The van der Waals surface area contributed by atoms with E-state index in [1.165, 1.54) is 0 Å². The fourth-order valence-corrected chi connectivity index (χ4v) is 4.08. The predicted octanol–water partition coefficient (Wildman–Crippen LogP) is 2.64. The third-order valence-electron chi connectivity index (χ3n) is 4.53. The van der Waals surface area contributed by atoms with Crippen LogP contribution in [-0.4, -0.2) is 20.9 Å². The van der Waals surface area contributed by atoms with Crippen LogP contribution in [0, 0.1) is 0 Å². The van der Waals surface area contributed by atoms with Gasteiger partial charge in [-0.2, -0.15) is 0 Å². The van der Waals surface area contributed by atoms with Gasteiger partial charge in [0.15, 0.2) is 0 Å². The first-order valence-corrected chi connectivity index (χ1v) is 9.87. The molecule has 0 aromatic heterocycles. The van der Waals surface area contributed by atoms with Crippen molar-refractivity contribution < 1.29 is 13.2 Å². The van der Waals surface area contributed by atoms with E-state index in [1.54, 1.807) is 24.0 Å². The minimum absolute atomic E-state index is 0.0303. The molecule has 0 aliphatic carbocycles.